The summed E-state index contributed by atoms with van der Waals surface area (Å²) >= 11 is 0. The Kier molecular flexibility index (Phi) is 6.77. The van der Waals surface area contributed by atoms with Crippen molar-refractivity contribution in [1.82, 2.24) is 10.2 Å². The molecule has 0 radical (unpaired) electrons. The van der Waals surface area contributed by atoms with E-state index in [9.17, 15) is 14.9 Å². The summed E-state index contributed by atoms with van der Waals surface area (Å²) in [7, 11) is 0. The van der Waals surface area contributed by atoms with Crippen molar-refractivity contribution in [2.24, 2.45) is 10.7 Å². The molecule has 3 N–H and O–H groups in total. The summed E-state index contributed by atoms with van der Waals surface area (Å²) in [4.78, 5) is 32.4. The van der Waals surface area contributed by atoms with Gasteiger partial charge in [0.05, 0.1) is 36.2 Å². The molecule has 0 aliphatic carbocycles. The van der Waals surface area contributed by atoms with Gasteiger partial charge in [0.1, 0.15) is 11.4 Å². The predicted octanol–water partition coefficient (Wildman–Crippen LogP) is 4.20. The number of nitrogens with two attached hydrogens (primary N) is 1. The van der Waals surface area contributed by atoms with Gasteiger partial charge in [0.15, 0.2) is 5.96 Å². The highest BCUT2D eigenvalue weighted by Crippen LogP contribution is 2.39. The Morgan fingerprint density at radius 3 is 2.64 bits per heavy atom. The van der Waals surface area contributed by atoms with Crippen LogP contribution >= 0.6 is 0 Å². The van der Waals surface area contributed by atoms with Gasteiger partial charge in [-0.1, -0.05) is 32.0 Å². The Morgan fingerprint density at radius 1 is 1.25 bits per heavy atom. The topological polar surface area (TPSA) is 121 Å². The van der Waals surface area contributed by atoms with E-state index in [4.69, 9.17) is 10.5 Å². The van der Waals surface area contributed by atoms with E-state index in [0.717, 1.165) is 24.2 Å². The molecule has 8 heteroatoms. The van der Waals surface area contributed by atoms with Crippen molar-refractivity contribution in [3.63, 3.8) is 0 Å². The molecule has 8 nitrogen and oxygen atoms in total. The molecule has 4 rings (SSSR count). The SMILES string of the molecule is CCC1(CC)CC(=O)N(Cc2cc(C#N)cc(C(=O)NC3CC(C)(C)Oc4ccccc43)c2)C(N)=N1. The number of amides is 2. The number of nitrogens with zero attached hydrogens (tertiary/aromatic N) is 3. The normalized spacial score (nSPS) is 20.0. The zero-order chi connectivity index (χ0) is 26.1. The van der Waals surface area contributed by atoms with Gasteiger partial charge in [-0.05, 0) is 56.5 Å². The van der Waals surface area contributed by atoms with Crippen LogP contribution in [0.3, 0.4) is 0 Å². The number of nitriles is 1. The molecule has 1 atom stereocenters. The molecule has 0 saturated heterocycles. The summed E-state index contributed by atoms with van der Waals surface area (Å²) in [5.41, 5.74) is 7.54. The van der Waals surface area contributed by atoms with Gasteiger partial charge in [-0.15, -0.1) is 0 Å². The molecule has 0 spiro atoms. The largest absolute Gasteiger partial charge is 0.487 e. The van der Waals surface area contributed by atoms with Gasteiger partial charge in [-0.3, -0.25) is 14.5 Å². The number of ether oxygens (including phenoxy) is 1. The van der Waals surface area contributed by atoms with Crippen LogP contribution in [0.1, 0.15) is 86.5 Å². The average Bonchev–Trinajstić information content (AvgIpc) is 2.85. The molecule has 2 amide bonds. The van der Waals surface area contributed by atoms with Crippen LogP contribution < -0.4 is 15.8 Å². The fraction of sp³-hybridized carbons (Fsp3) is 0.429. The van der Waals surface area contributed by atoms with E-state index in [1.54, 1.807) is 18.2 Å². The Bertz CT molecular complexity index is 1260. The number of guanidine groups is 1. The molecule has 2 aliphatic heterocycles. The maximum absolute atomic E-state index is 13.3. The first kappa shape index (κ1) is 25.2. The molecule has 2 heterocycles. The van der Waals surface area contributed by atoms with Crippen LogP contribution in [0, 0.1) is 11.3 Å². The third-order valence-corrected chi connectivity index (χ3v) is 7.13. The van der Waals surface area contributed by atoms with E-state index in [2.05, 4.69) is 16.4 Å². The fourth-order valence-electron chi connectivity index (χ4n) is 5.01. The summed E-state index contributed by atoms with van der Waals surface area (Å²) in [6, 6.07) is 14.5. The van der Waals surface area contributed by atoms with Crippen molar-refractivity contribution < 1.29 is 14.3 Å². The molecule has 1 unspecified atom stereocenters. The van der Waals surface area contributed by atoms with Crippen molar-refractivity contribution in [3.05, 3.63) is 64.7 Å². The summed E-state index contributed by atoms with van der Waals surface area (Å²) in [5.74, 6) is 0.512. The molecule has 0 aromatic heterocycles. The van der Waals surface area contributed by atoms with Gasteiger partial charge < -0.3 is 15.8 Å². The Hall–Kier alpha value is -3.86. The van der Waals surface area contributed by atoms with Gasteiger partial charge in [0.25, 0.3) is 5.91 Å². The summed E-state index contributed by atoms with van der Waals surface area (Å²) in [5, 5.41) is 12.7. The molecule has 0 saturated carbocycles. The second-order valence-electron chi connectivity index (χ2n) is 10.2. The van der Waals surface area contributed by atoms with Crippen LogP contribution in [0.15, 0.2) is 47.5 Å². The lowest BCUT2D eigenvalue weighted by atomic mass is 9.88. The average molecular weight is 488 g/mol. The third kappa shape index (κ3) is 5.06. The van der Waals surface area contributed by atoms with E-state index in [1.807, 2.05) is 52.0 Å². The third-order valence-electron chi connectivity index (χ3n) is 7.13. The van der Waals surface area contributed by atoms with E-state index in [0.29, 0.717) is 23.1 Å². The molecule has 36 heavy (non-hydrogen) atoms. The molecule has 0 bridgehead atoms. The zero-order valence-electron chi connectivity index (χ0n) is 21.3. The molecule has 0 fully saturated rings. The number of fused-ring (bicyclic) bond motifs is 1. The minimum Gasteiger partial charge on any atom is -0.487 e. The fourth-order valence-corrected chi connectivity index (χ4v) is 5.01. The smallest absolute Gasteiger partial charge is 0.251 e. The van der Waals surface area contributed by atoms with Crippen molar-refractivity contribution in [2.45, 2.75) is 77.1 Å². The van der Waals surface area contributed by atoms with Crippen LogP contribution in [-0.2, 0) is 11.3 Å². The number of para-hydroxylation sites is 1. The number of carbonyl (C=O) groups is 2. The number of benzene rings is 2. The predicted molar refractivity (Wildman–Crippen MR) is 137 cm³/mol. The van der Waals surface area contributed by atoms with Crippen molar-refractivity contribution in [2.75, 3.05) is 0 Å². The number of aliphatic imine (C=N–C) groups is 1. The Balaban J connectivity index is 1.59. The van der Waals surface area contributed by atoms with Crippen LogP contribution in [0.25, 0.3) is 0 Å². The molecule has 188 valence electrons. The minimum absolute atomic E-state index is 0.111. The second kappa shape index (κ2) is 9.65. The zero-order valence-corrected chi connectivity index (χ0v) is 21.3. The van der Waals surface area contributed by atoms with Crippen molar-refractivity contribution in [1.29, 1.82) is 5.26 Å². The van der Waals surface area contributed by atoms with Crippen LogP contribution in [0.2, 0.25) is 0 Å². The highest BCUT2D eigenvalue weighted by molar-refractivity contribution is 5.99. The molecular weight excluding hydrogens is 454 g/mol. The first-order chi connectivity index (χ1) is 17.1. The van der Waals surface area contributed by atoms with Gasteiger partial charge in [0, 0.05) is 17.5 Å². The van der Waals surface area contributed by atoms with E-state index in [1.165, 1.54) is 4.90 Å². The van der Waals surface area contributed by atoms with E-state index >= 15 is 0 Å². The lowest BCUT2D eigenvalue weighted by Crippen LogP contribution is -2.50. The summed E-state index contributed by atoms with van der Waals surface area (Å²) < 4.78 is 6.07. The van der Waals surface area contributed by atoms with Crippen LogP contribution in [0.5, 0.6) is 5.75 Å². The van der Waals surface area contributed by atoms with Gasteiger partial charge in [-0.25, -0.2) is 4.99 Å². The summed E-state index contributed by atoms with van der Waals surface area (Å²) in [6.07, 6.45) is 2.34. The minimum atomic E-state index is -0.467. The maximum atomic E-state index is 13.3. The van der Waals surface area contributed by atoms with E-state index in [-0.39, 0.29) is 36.8 Å². The standard InChI is InChI=1S/C28H33N5O3/c1-5-28(6-2)15-24(34)33(26(30)32-28)17-19-11-18(16-29)12-20(13-19)25(35)31-22-14-27(3,4)36-23-10-8-7-9-21(22)23/h7-13,22H,5-6,14-15,17H2,1-4H3,(H2,30,32)(H,31,35). The van der Waals surface area contributed by atoms with E-state index < -0.39 is 11.1 Å². The number of hydrogen-bond acceptors (Lipinski definition) is 6. The van der Waals surface area contributed by atoms with Crippen LogP contribution in [-0.4, -0.2) is 33.8 Å². The Labute approximate surface area is 212 Å². The monoisotopic (exact) mass is 487 g/mol. The highest BCUT2D eigenvalue weighted by Gasteiger charge is 2.37. The molecule has 2 aliphatic rings. The quantitative estimate of drug-likeness (QED) is 0.633. The second-order valence-corrected chi connectivity index (χ2v) is 10.2. The Morgan fingerprint density at radius 2 is 1.97 bits per heavy atom. The highest BCUT2D eigenvalue weighted by atomic mass is 16.5. The first-order valence-corrected chi connectivity index (χ1v) is 12.4. The molecular formula is C28H33N5O3. The first-order valence-electron chi connectivity index (χ1n) is 12.4. The van der Waals surface area contributed by atoms with Crippen molar-refractivity contribution >= 4 is 17.8 Å². The number of hydrogen-bond donors (Lipinski definition) is 2. The van der Waals surface area contributed by atoms with Gasteiger partial charge in [0.2, 0.25) is 5.91 Å². The number of rotatable bonds is 6. The molecule has 2 aromatic carbocycles. The van der Waals surface area contributed by atoms with Gasteiger partial charge >= 0.3 is 0 Å². The maximum Gasteiger partial charge on any atom is 0.251 e. The number of nitrogens with one attached hydrogen (secondary N) is 1. The summed E-state index contributed by atoms with van der Waals surface area (Å²) in [6.45, 7) is 8.12. The number of carbonyl (C=O) groups excluding carboxylic acids is 2. The van der Waals surface area contributed by atoms with Crippen LogP contribution in [0.4, 0.5) is 0 Å². The lowest BCUT2D eigenvalue weighted by molar-refractivity contribution is -0.130. The lowest BCUT2D eigenvalue weighted by Gasteiger charge is -2.38. The van der Waals surface area contributed by atoms with Crippen molar-refractivity contribution in [3.8, 4) is 11.8 Å². The molecule has 2 aromatic rings. The van der Waals surface area contributed by atoms with Gasteiger partial charge in [-0.2, -0.15) is 5.26 Å².